The standard InChI is InChI=1S/C31H28N4O2/c1-31(2,3)37-30(36)32-18-17-23-11-14-25(15-12-23)35-21-34-28-20-33-27-16-13-24(19-26(27)29(28)35)10-9-22-7-5-4-6-8-22/h4-8,11-16,19-21H,17-18H2,1-3H3,(H,32,36). The largest absolute Gasteiger partial charge is 0.444 e. The lowest BCUT2D eigenvalue weighted by Gasteiger charge is -2.19. The van der Waals surface area contributed by atoms with Crippen LogP contribution in [-0.4, -0.2) is 32.8 Å². The van der Waals surface area contributed by atoms with Gasteiger partial charge in [-0.3, -0.25) is 9.55 Å². The number of imidazole rings is 1. The molecule has 0 aliphatic carbocycles. The number of amides is 1. The third-order valence-electron chi connectivity index (χ3n) is 5.79. The number of hydrogen-bond donors (Lipinski definition) is 1. The number of fused-ring (bicyclic) bond motifs is 3. The zero-order valence-electron chi connectivity index (χ0n) is 21.2. The maximum atomic E-state index is 11.9. The highest BCUT2D eigenvalue weighted by atomic mass is 16.6. The van der Waals surface area contributed by atoms with Crippen molar-refractivity contribution in [1.82, 2.24) is 19.9 Å². The molecule has 0 spiro atoms. The normalized spacial score (nSPS) is 11.2. The Morgan fingerprint density at radius 1 is 0.919 bits per heavy atom. The van der Waals surface area contributed by atoms with Crippen LogP contribution < -0.4 is 5.32 Å². The highest BCUT2D eigenvalue weighted by Crippen LogP contribution is 2.26. The third kappa shape index (κ3) is 5.79. The van der Waals surface area contributed by atoms with Crippen molar-refractivity contribution in [2.45, 2.75) is 32.8 Å². The van der Waals surface area contributed by atoms with Crippen molar-refractivity contribution in [3.63, 3.8) is 0 Å². The van der Waals surface area contributed by atoms with Crippen LogP contribution in [0.3, 0.4) is 0 Å². The molecule has 184 valence electrons. The summed E-state index contributed by atoms with van der Waals surface area (Å²) in [4.78, 5) is 21.1. The zero-order valence-corrected chi connectivity index (χ0v) is 21.2. The molecule has 0 radical (unpaired) electrons. The molecule has 37 heavy (non-hydrogen) atoms. The molecule has 2 heterocycles. The zero-order chi connectivity index (χ0) is 25.8. The molecule has 0 aliphatic heterocycles. The van der Waals surface area contributed by atoms with E-state index in [-0.39, 0.29) is 0 Å². The number of alkyl carbamates (subject to hydrolysis) is 1. The van der Waals surface area contributed by atoms with Crippen LogP contribution in [0.15, 0.2) is 85.3 Å². The number of benzene rings is 3. The second-order valence-electron chi connectivity index (χ2n) is 9.80. The Hall–Kier alpha value is -4.63. The van der Waals surface area contributed by atoms with Gasteiger partial charge in [-0.15, -0.1) is 0 Å². The minimum absolute atomic E-state index is 0.401. The minimum Gasteiger partial charge on any atom is -0.444 e. The lowest BCUT2D eigenvalue weighted by Crippen LogP contribution is -2.33. The molecule has 3 aromatic carbocycles. The molecule has 0 saturated heterocycles. The highest BCUT2D eigenvalue weighted by molar-refractivity contribution is 6.03. The van der Waals surface area contributed by atoms with Crippen LogP contribution in [0.1, 0.15) is 37.5 Å². The summed E-state index contributed by atoms with van der Waals surface area (Å²) in [5, 5.41) is 3.81. The number of aromatic nitrogens is 3. The average Bonchev–Trinajstić information content (AvgIpc) is 3.32. The second-order valence-corrected chi connectivity index (χ2v) is 9.80. The van der Waals surface area contributed by atoms with Crippen molar-refractivity contribution in [2.75, 3.05) is 6.54 Å². The van der Waals surface area contributed by atoms with E-state index < -0.39 is 11.7 Å². The molecule has 0 bridgehead atoms. The van der Waals surface area contributed by atoms with Gasteiger partial charge in [0.05, 0.1) is 17.2 Å². The van der Waals surface area contributed by atoms with Crippen LogP contribution in [0.2, 0.25) is 0 Å². The van der Waals surface area contributed by atoms with E-state index in [0.717, 1.165) is 44.3 Å². The van der Waals surface area contributed by atoms with Gasteiger partial charge in [0, 0.05) is 28.7 Å². The van der Waals surface area contributed by atoms with Crippen molar-refractivity contribution in [2.24, 2.45) is 0 Å². The fraction of sp³-hybridized carbons (Fsp3) is 0.194. The summed E-state index contributed by atoms with van der Waals surface area (Å²) < 4.78 is 7.37. The van der Waals surface area contributed by atoms with Crippen LogP contribution in [0.4, 0.5) is 4.79 Å². The van der Waals surface area contributed by atoms with Crippen LogP contribution >= 0.6 is 0 Å². The van der Waals surface area contributed by atoms with Gasteiger partial charge in [0.1, 0.15) is 17.4 Å². The average molecular weight is 489 g/mol. The number of rotatable bonds is 4. The lowest BCUT2D eigenvalue weighted by atomic mass is 10.1. The number of ether oxygens (including phenoxy) is 1. The van der Waals surface area contributed by atoms with Crippen molar-refractivity contribution in [3.05, 3.63) is 102 Å². The Labute approximate surface area is 216 Å². The summed E-state index contributed by atoms with van der Waals surface area (Å²) >= 11 is 0. The van der Waals surface area contributed by atoms with Gasteiger partial charge in [-0.25, -0.2) is 9.78 Å². The number of pyridine rings is 1. The number of nitrogens with zero attached hydrogens (tertiary/aromatic N) is 3. The molecule has 0 unspecified atom stereocenters. The summed E-state index contributed by atoms with van der Waals surface area (Å²) in [5.41, 5.74) is 6.22. The van der Waals surface area contributed by atoms with E-state index in [1.54, 1.807) is 6.20 Å². The summed E-state index contributed by atoms with van der Waals surface area (Å²) in [7, 11) is 0. The van der Waals surface area contributed by atoms with Crippen LogP contribution in [0, 0.1) is 11.8 Å². The van der Waals surface area contributed by atoms with Crippen LogP contribution in [0.25, 0.3) is 27.6 Å². The Balaban J connectivity index is 1.39. The molecule has 5 rings (SSSR count). The first kappa shape index (κ1) is 24.1. The molecule has 0 atom stereocenters. The summed E-state index contributed by atoms with van der Waals surface area (Å²) in [6, 6.07) is 24.3. The number of carbonyl (C=O) groups is 1. The lowest BCUT2D eigenvalue weighted by molar-refractivity contribution is 0.0528. The van der Waals surface area contributed by atoms with Crippen LogP contribution in [0.5, 0.6) is 0 Å². The molecule has 6 heteroatoms. The van der Waals surface area contributed by atoms with Gasteiger partial charge in [0.2, 0.25) is 0 Å². The van der Waals surface area contributed by atoms with E-state index >= 15 is 0 Å². The van der Waals surface area contributed by atoms with Gasteiger partial charge in [-0.1, -0.05) is 42.2 Å². The van der Waals surface area contributed by atoms with E-state index in [0.29, 0.717) is 13.0 Å². The third-order valence-corrected chi connectivity index (χ3v) is 5.79. The predicted molar refractivity (Wildman–Crippen MR) is 147 cm³/mol. The van der Waals surface area contributed by atoms with Crippen LogP contribution in [-0.2, 0) is 11.2 Å². The van der Waals surface area contributed by atoms with E-state index in [1.807, 2.05) is 69.6 Å². The molecule has 5 aromatic rings. The molecular weight excluding hydrogens is 460 g/mol. The Kier molecular flexibility index (Phi) is 6.61. The summed E-state index contributed by atoms with van der Waals surface area (Å²) in [6.07, 6.45) is 3.94. The Morgan fingerprint density at radius 3 is 2.43 bits per heavy atom. The van der Waals surface area contributed by atoms with Gasteiger partial charge >= 0.3 is 6.09 Å². The van der Waals surface area contributed by atoms with E-state index in [9.17, 15) is 4.79 Å². The molecular formula is C31H28N4O2. The van der Waals surface area contributed by atoms with Crippen molar-refractivity contribution < 1.29 is 9.53 Å². The molecule has 0 saturated carbocycles. The summed E-state index contributed by atoms with van der Waals surface area (Å²) in [6.45, 7) is 6.06. The topological polar surface area (TPSA) is 69.0 Å². The minimum atomic E-state index is -0.506. The molecule has 0 fully saturated rings. The monoisotopic (exact) mass is 488 g/mol. The first-order valence-electron chi connectivity index (χ1n) is 12.2. The quantitative estimate of drug-likeness (QED) is 0.313. The highest BCUT2D eigenvalue weighted by Gasteiger charge is 2.15. The van der Waals surface area contributed by atoms with Gasteiger partial charge in [0.15, 0.2) is 0 Å². The Morgan fingerprint density at radius 2 is 1.68 bits per heavy atom. The maximum Gasteiger partial charge on any atom is 0.407 e. The van der Waals surface area contributed by atoms with Crippen molar-refractivity contribution >= 4 is 28.0 Å². The Bertz CT molecular complexity index is 1620. The van der Waals surface area contributed by atoms with E-state index in [1.165, 1.54) is 0 Å². The molecule has 2 aromatic heterocycles. The fourth-order valence-corrected chi connectivity index (χ4v) is 4.08. The molecule has 0 aliphatic rings. The van der Waals surface area contributed by atoms with Crippen molar-refractivity contribution in [1.29, 1.82) is 0 Å². The number of nitrogens with one attached hydrogen (secondary N) is 1. The number of carbonyl (C=O) groups excluding carboxylic acids is 1. The first-order valence-corrected chi connectivity index (χ1v) is 12.2. The van der Waals surface area contributed by atoms with Crippen molar-refractivity contribution in [3.8, 4) is 17.5 Å². The smallest absolute Gasteiger partial charge is 0.407 e. The van der Waals surface area contributed by atoms with E-state index in [2.05, 4.69) is 62.0 Å². The SMILES string of the molecule is CC(C)(C)OC(=O)NCCc1ccc(-n2cnc3cnc4ccc(C#Cc5ccccc5)cc4c32)cc1. The first-order chi connectivity index (χ1) is 17.9. The van der Waals surface area contributed by atoms with Gasteiger partial charge in [0.25, 0.3) is 0 Å². The van der Waals surface area contributed by atoms with Gasteiger partial charge in [-0.05, 0) is 75.2 Å². The fourth-order valence-electron chi connectivity index (χ4n) is 4.08. The molecule has 6 nitrogen and oxygen atoms in total. The summed E-state index contributed by atoms with van der Waals surface area (Å²) in [5.74, 6) is 6.50. The second kappa shape index (κ2) is 10.2. The van der Waals surface area contributed by atoms with E-state index in [4.69, 9.17) is 4.74 Å². The van der Waals surface area contributed by atoms with Gasteiger partial charge < -0.3 is 10.1 Å². The predicted octanol–water partition coefficient (Wildman–Crippen LogP) is 6.04. The maximum absolute atomic E-state index is 11.9. The van der Waals surface area contributed by atoms with Gasteiger partial charge in [-0.2, -0.15) is 0 Å². The molecule has 1 N–H and O–H groups in total. The number of hydrogen-bond acceptors (Lipinski definition) is 4. The molecule has 1 amide bonds.